The number of amides is 2. The molecule has 1 aromatic carbocycles. The maximum Gasteiger partial charge on any atom is 0.269 e. The van der Waals surface area contributed by atoms with Gasteiger partial charge >= 0.3 is 0 Å². The molecule has 5 heteroatoms. The summed E-state index contributed by atoms with van der Waals surface area (Å²) >= 11 is 0. The molecule has 114 valence electrons. The lowest BCUT2D eigenvalue weighted by molar-refractivity contribution is -0.124. The number of carbonyl (C=O) groups is 2. The lowest BCUT2D eigenvalue weighted by atomic mass is 10.1. The van der Waals surface area contributed by atoms with Crippen molar-refractivity contribution in [1.82, 2.24) is 10.2 Å². The largest absolute Gasteiger partial charge is 0.465 e. The Morgan fingerprint density at radius 2 is 1.82 bits per heavy atom. The van der Waals surface area contributed by atoms with E-state index in [-0.39, 0.29) is 17.5 Å². The van der Waals surface area contributed by atoms with Crippen molar-refractivity contribution in [2.24, 2.45) is 0 Å². The molecule has 22 heavy (non-hydrogen) atoms. The zero-order chi connectivity index (χ0) is 16.1. The minimum Gasteiger partial charge on any atom is -0.465 e. The monoisotopic (exact) mass is 298 g/mol. The minimum absolute atomic E-state index is 0.158. The van der Waals surface area contributed by atoms with E-state index in [1.165, 1.54) is 17.2 Å². The van der Waals surface area contributed by atoms with Gasteiger partial charge in [-0.25, -0.2) is 0 Å². The highest BCUT2D eigenvalue weighted by molar-refractivity contribution is 6.04. The molecule has 0 aliphatic heterocycles. The average molecular weight is 298 g/mol. The SMILES string of the molecule is Cc1ccc(C(=O)N/C(=C/c2ccco2)C(=O)N(C)C)cc1. The molecule has 2 rings (SSSR count). The fourth-order valence-electron chi connectivity index (χ4n) is 1.81. The van der Waals surface area contributed by atoms with Gasteiger partial charge < -0.3 is 14.6 Å². The van der Waals surface area contributed by atoms with Crippen molar-refractivity contribution in [2.45, 2.75) is 6.92 Å². The van der Waals surface area contributed by atoms with E-state index in [9.17, 15) is 9.59 Å². The van der Waals surface area contributed by atoms with Crippen molar-refractivity contribution in [3.63, 3.8) is 0 Å². The molecule has 0 saturated heterocycles. The van der Waals surface area contributed by atoms with Crippen LogP contribution in [-0.4, -0.2) is 30.8 Å². The Morgan fingerprint density at radius 3 is 2.36 bits per heavy atom. The van der Waals surface area contributed by atoms with Crippen molar-refractivity contribution < 1.29 is 14.0 Å². The molecule has 0 atom stereocenters. The highest BCUT2D eigenvalue weighted by Crippen LogP contribution is 2.09. The van der Waals surface area contributed by atoms with Gasteiger partial charge in [0.15, 0.2) is 0 Å². The molecular formula is C17H18N2O3. The smallest absolute Gasteiger partial charge is 0.269 e. The van der Waals surface area contributed by atoms with Gasteiger partial charge in [0, 0.05) is 25.7 Å². The van der Waals surface area contributed by atoms with Gasteiger partial charge in [0.25, 0.3) is 11.8 Å². The summed E-state index contributed by atoms with van der Waals surface area (Å²) in [4.78, 5) is 25.9. The van der Waals surface area contributed by atoms with Crippen LogP contribution in [0, 0.1) is 6.92 Å². The highest BCUT2D eigenvalue weighted by Gasteiger charge is 2.16. The number of nitrogens with one attached hydrogen (secondary N) is 1. The highest BCUT2D eigenvalue weighted by atomic mass is 16.3. The Labute approximate surface area is 129 Å². The molecule has 0 radical (unpaired) electrons. The molecule has 1 N–H and O–H groups in total. The standard InChI is InChI=1S/C17H18N2O3/c1-12-6-8-13(9-7-12)16(20)18-15(17(21)19(2)3)11-14-5-4-10-22-14/h4-11H,1-3H3,(H,18,20)/b15-11+. The number of carbonyl (C=O) groups excluding carboxylic acids is 2. The van der Waals surface area contributed by atoms with Gasteiger partial charge in [0.1, 0.15) is 11.5 Å². The van der Waals surface area contributed by atoms with E-state index in [0.717, 1.165) is 5.56 Å². The number of nitrogens with zero attached hydrogens (tertiary/aromatic N) is 1. The summed E-state index contributed by atoms with van der Waals surface area (Å²) in [5.74, 6) is -0.153. The van der Waals surface area contributed by atoms with Gasteiger partial charge in [-0.05, 0) is 31.2 Å². The van der Waals surface area contributed by atoms with E-state index in [1.54, 1.807) is 38.4 Å². The molecular weight excluding hydrogens is 280 g/mol. The van der Waals surface area contributed by atoms with Gasteiger partial charge in [-0.1, -0.05) is 17.7 Å². The van der Waals surface area contributed by atoms with E-state index < -0.39 is 0 Å². The van der Waals surface area contributed by atoms with Crippen molar-refractivity contribution in [3.05, 3.63) is 65.2 Å². The summed E-state index contributed by atoms with van der Waals surface area (Å²) < 4.78 is 5.20. The zero-order valence-corrected chi connectivity index (χ0v) is 12.8. The molecule has 1 heterocycles. The summed E-state index contributed by atoms with van der Waals surface area (Å²) in [5.41, 5.74) is 1.71. The Kier molecular flexibility index (Phi) is 4.78. The quantitative estimate of drug-likeness (QED) is 0.882. The van der Waals surface area contributed by atoms with Crippen LogP contribution >= 0.6 is 0 Å². The Bertz CT molecular complexity index is 683. The lowest BCUT2D eigenvalue weighted by Gasteiger charge is -2.14. The van der Waals surface area contributed by atoms with Crippen LogP contribution in [0.3, 0.4) is 0 Å². The molecule has 0 saturated carbocycles. The first-order valence-corrected chi connectivity index (χ1v) is 6.82. The second-order valence-electron chi connectivity index (χ2n) is 5.09. The lowest BCUT2D eigenvalue weighted by Crippen LogP contribution is -2.34. The number of furan rings is 1. The molecule has 1 aromatic heterocycles. The topological polar surface area (TPSA) is 62.6 Å². The number of likely N-dealkylation sites (N-methyl/N-ethyl adjacent to an activating group) is 1. The maximum atomic E-state index is 12.3. The van der Waals surface area contributed by atoms with Gasteiger partial charge in [0.2, 0.25) is 0 Å². The molecule has 0 spiro atoms. The summed E-state index contributed by atoms with van der Waals surface area (Å²) in [7, 11) is 3.24. The van der Waals surface area contributed by atoms with E-state index in [4.69, 9.17) is 4.42 Å². The summed E-state index contributed by atoms with van der Waals surface area (Å²) in [6, 6.07) is 10.5. The van der Waals surface area contributed by atoms with E-state index in [1.807, 2.05) is 19.1 Å². The van der Waals surface area contributed by atoms with E-state index >= 15 is 0 Å². The first-order valence-electron chi connectivity index (χ1n) is 6.82. The maximum absolute atomic E-state index is 12.3. The van der Waals surface area contributed by atoms with Crippen LogP contribution in [0.5, 0.6) is 0 Å². The Balaban J connectivity index is 2.24. The van der Waals surface area contributed by atoms with Crippen LogP contribution < -0.4 is 5.32 Å². The fraction of sp³-hybridized carbons (Fsp3) is 0.176. The van der Waals surface area contributed by atoms with Crippen molar-refractivity contribution in [3.8, 4) is 0 Å². The van der Waals surface area contributed by atoms with Crippen LogP contribution in [0.15, 0.2) is 52.8 Å². The van der Waals surface area contributed by atoms with Gasteiger partial charge in [0.05, 0.1) is 6.26 Å². The van der Waals surface area contributed by atoms with E-state index in [2.05, 4.69) is 5.32 Å². The van der Waals surface area contributed by atoms with Gasteiger partial charge in [-0.3, -0.25) is 9.59 Å². The molecule has 2 amide bonds. The van der Waals surface area contributed by atoms with Crippen LogP contribution in [0.25, 0.3) is 6.08 Å². The van der Waals surface area contributed by atoms with Crippen LogP contribution in [0.1, 0.15) is 21.7 Å². The third kappa shape index (κ3) is 3.85. The number of hydrogen-bond acceptors (Lipinski definition) is 3. The molecule has 5 nitrogen and oxygen atoms in total. The second kappa shape index (κ2) is 6.76. The van der Waals surface area contributed by atoms with Crippen LogP contribution in [-0.2, 0) is 4.79 Å². The average Bonchev–Trinajstić information content (AvgIpc) is 2.99. The van der Waals surface area contributed by atoms with Gasteiger partial charge in [-0.15, -0.1) is 0 Å². The minimum atomic E-state index is -0.340. The summed E-state index contributed by atoms with van der Waals surface area (Å²) in [5, 5.41) is 2.64. The Hall–Kier alpha value is -2.82. The number of rotatable bonds is 4. The third-order valence-electron chi connectivity index (χ3n) is 3.03. The predicted octanol–water partition coefficient (Wildman–Crippen LogP) is 2.45. The molecule has 0 fully saturated rings. The molecule has 0 unspecified atom stereocenters. The van der Waals surface area contributed by atoms with Crippen LogP contribution in [0.2, 0.25) is 0 Å². The first kappa shape index (κ1) is 15.6. The summed E-state index contributed by atoms with van der Waals surface area (Å²) in [6.45, 7) is 1.94. The number of aryl methyl sites for hydroxylation is 1. The molecule has 0 bridgehead atoms. The van der Waals surface area contributed by atoms with Crippen molar-refractivity contribution in [1.29, 1.82) is 0 Å². The summed E-state index contributed by atoms with van der Waals surface area (Å²) in [6.07, 6.45) is 3.01. The molecule has 2 aromatic rings. The fourth-order valence-corrected chi connectivity index (χ4v) is 1.81. The molecule has 0 aliphatic rings. The zero-order valence-electron chi connectivity index (χ0n) is 12.8. The number of hydrogen-bond donors (Lipinski definition) is 1. The second-order valence-corrected chi connectivity index (χ2v) is 5.09. The number of benzene rings is 1. The first-order chi connectivity index (χ1) is 10.5. The van der Waals surface area contributed by atoms with Crippen molar-refractivity contribution in [2.75, 3.05) is 14.1 Å². The van der Waals surface area contributed by atoms with Crippen LogP contribution in [0.4, 0.5) is 0 Å². The third-order valence-corrected chi connectivity index (χ3v) is 3.03. The van der Waals surface area contributed by atoms with Crippen molar-refractivity contribution >= 4 is 17.9 Å². The Morgan fingerprint density at radius 1 is 1.14 bits per heavy atom. The predicted molar refractivity (Wildman–Crippen MR) is 84.0 cm³/mol. The van der Waals surface area contributed by atoms with E-state index in [0.29, 0.717) is 11.3 Å². The normalized spacial score (nSPS) is 11.1. The van der Waals surface area contributed by atoms with Gasteiger partial charge in [-0.2, -0.15) is 0 Å². The molecule has 0 aliphatic carbocycles.